The highest BCUT2D eigenvalue weighted by atomic mass is 19.1. The fourth-order valence-electron chi connectivity index (χ4n) is 3.41. The van der Waals surface area contributed by atoms with Crippen molar-refractivity contribution in [3.05, 3.63) is 29.6 Å². The van der Waals surface area contributed by atoms with Crippen LogP contribution in [0, 0.1) is 11.7 Å². The third-order valence-electron chi connectivity index (χ3n) is 4.63. The average Bonchev–Trinajstić information content (AvgIpc) is 2.56. The standard InChI is InChI=1S/C17H25FN2O2/c18-16-10-14(11-19-5-1-2-15(12-19)13-21)3-4-17(16)20-6-8-22-9-7-20/h3-4,10,15,21H,1-2,5-9,11-13H2. The number of nitrogens with zero attached hydrogens (tertiary/aromatic N) is 2. The molecule has 2 fully saturated rings. The van der Waals surface area contributed by atoms with Crippen LogP contribution >= 0.6 is 0 Å². The number of anilines is 1. The molecule has 0 spiro atoms. The van der Waals surface area contributed by atoms with Gasteiger partial charge in [-0.2, -0.15) is 0 Å². The summed E-state index contributed by atoms with van der Waals surface area (Å²) in [6.45, 7) is 5.78. The SMILES string of the molecule is OCC1CCCN(Cc2ccc(N3CCOCC3)c(F)c2)C1. The predicted molar refractivity (Wildman–Crippen MR) is 84.5 cm³/mol. The Labute approximate surface area is 131 Å². The molecular weight excluding hydrogens is 283 g/mol. The highest BCUT2D eigenvalue weighted by Gasteiger charge is 2.20. The van der Waals surface area contributed by atoms with Gasteiger partial charge in [0.25, 0.3) is 0 Å². The van der Waals surface area contributed by atoms with E-state index in [1.165, 1.54) is 0 Å². The topological polar surface area (TPSA) is 35.9 Å². The van der Waals surface area contributed by atoms with E-state index in [0.717, 1.165) is 51.1 Å². The fourth-order valence-corrected chi connectivity index (χ4v) is 3.41. The van der Waals surface area contributed by atoms with Crippen molar-refractivity contribution < 1.29 is 14.2 Å². The summed E-state index contributed by atoms with van der Waals surface area (Å²) < 4.78 is 19.7. The van der Waals surface area contributed by atoms with Crippen LogP contribution in [0.25, 0.3) is 0 Å². The summed E-state index contributed by atoms with van der Waals surface area (Å²) in [5, 5.41) is 9.30. The Kier molecular flexibility index (Phi) is 5.28. The minimum absolute atomic E-state index is 0.143. The normalized spacial score (nSPS) is 23.7. The second kappa shape index (κ2) is 7.40. The Balaban J connectivity index is 1.64. The summed E-state index contributed by atoms with van der Waals surface area (Å²) in [7, 11) is 0. The number of hydrogen-bond acceptors (Lipinski definition) is 4. The summed E-state index contributed by atoms with van der Waals surface area (Å²) in [5.74, 6) is 0.223. The Morgan fingerprint density at radius 3 is 2.77 bits per heavy atom. The van der Waals surface area contributed by atoms with Crippen molar-refractivity contribution in [1.29, 1.82) is 0 Å². The molecule has 3 rings (SSSR count). The lowest BCUT2D eigenvalue weighted by Gasteiger charge is -2.32. The molecule has 1 aromatic rings. The van der Waals surface area contributed by atoms with Gasteiger partial charge in [-0.3, -0.25) is 4.90 Å². The van der Waals surface area contributed by atoms with Crippen molar-refractivity contribution in [2.75, 3.05) is 50.9 Å². The molecule has 0 aromatic heterocycles. The first-order valence-electron chi connectivity index (χ1n) is 8.20. The third-order valence-corrected chi connectivity index (χ3v) is 4.63. The van der Waals surface area contributed by atoms with Crippen LogP contribution in [0.15, 0.2) is 18.2 Å². The van der Waals surface area contributed by atoms with Gasteiger partial charge in [0.2, 0.25) is 0 Å². The molecule has 22 heavy (non-hydrogen) atoms. The van der Waals surface area contributed by atoms with Crippen LogP contribution in [-0.2, 0) is 11.3 Å². The maximum atomic E-state index is 14.4. The molecule has 0 saturated carbocycles. The molecular formula is C17H25FN2O2. The van der Waals surface area contributed by atoms with Crippen LogP contribution in [0.4, 0.5) is 10.1 Å². The van der Waals surface area contributed by atoms with Gasteiger partial charge in [-0.1, -0.05) is 6.07 Å². The Bertz CT molecular complexity index is 492. The van der Waals surface area contributed by atoms with Crippen molar-refractivity contribution in [3.8, 4) is 0 Å². The minimum atomic E-state index is -0.143. The van der Waals surface area contributed by atoms with Crippen LogP contribution < -0.4 is 4.90 Å². The first-order chi connectivity index (χ1) is 10.8. The van der Waals surface area contributed by atoms with Crippen LogP contribution in [0.1, 0.15) is 18.4 Å². The number of hydrogen-bond donors (Lipinski definition) is 1. The number of rotatable bonds is 4. The number of ether oxygens (including phenoxy) is 1. The molecule has 0 bridgehead atoms. The molecule has 0 aliphatic carbocycles. The number of piperidine rings is 1. The van der Waals surface area contributed by atoms with E-state index in [1.54, 1.807) is 6.07 Å². The lowest BCUT2D eigenvalue weighted by Crippen LogP contribution is -2.37. The van der Waals surface area contributed by atoms with Gasteiger partial charge in [0, 0.05) is 32.8 Å². The van der Waals surface area contributed by atoms with Crippen molar-refractivity contribution >= 4 is 5.69 Å². The fraction of sp³-hybridized carbons (Fsp3) is 0.647. The molecule has 2 aliphatic rings. The number of aliphatic hydroxyl groups excluding tert-OH is 1. The van der Waals surface area contributed by atoms with E-state index in [-0.39, 0.29) is 12.4 Å². The number of morpholine rings is 1. The van der Waals surface area contributed by atoms with Gasteiger partial charge in [0.05, 0.1) is 18.9 Å². The van der Waals surface area contributed by atoms with Crippen LogP contribution in [0.2, 0.25) is 0 Å². The molecule has 0 radical (unpaired) electrons. The number of halogens is 1. The molecule has 0 amide bonds. The molecule has 122 valence electrons. The van der Waals surface area contributed by atoms with Gasteiger partial charge in [-0.25, -0.2) is 4.39 Å². The second-order valence-electron chi connectivity index (χ2n) is 6.31. The highest BCUT2D eigenvalue weighted by molar-refractivity contribution is 5.49. The zero-order valence-corrected chi connectivity index (χ0v) is 13.0. The quantitative estimate of drug-likeness (QED) is 0.921. The lowest BCUT2D eigenvalue weighted by atomic mass is 9.98. The van der Waals surface area contributed by atoms with Gasteiger partial charge in [0.15, 0.2) is 0 Å². The molecule has 4 nitrogen and oxygen atoms in total. The van der Waals surface area contributed by atoms with Crippen molar-refractivity contribution in [3.63, 3.8) is 0 Å². The summed E-state index contributed by atoms with van der Waals surface area (Å²) in [6, 6.07) is 5.58. The van der Waals surface area contributed by atoms with Gasteiger partial charge in [-0.15, -0.1) is 0 Å². The molecule has 1 N–H and O–H groups in total. The first kappa shape index (κ1) is 15.7. The van der Waals surface area contributed by atoms with Crippen molar-refractivity contribution in [1.82, 2.24) is 4.90 Å². The largest absolute Gasteiger partial charge is 0.396 e. The molecule has 1 aromatic carbocycles. The minimum Gasteiger partial charge on any atom is -0.396 e. The molecule has 2 heterocycles. The molecule has 2 saturated heterocycles. The summed E-state index contributed by atoms with van der Waals surface area (Å²) in [5.41, 5.74) is 1.69. The van der Waals surface area contributed by atoms with Crippen LogP contribution in [0.5, 0.6) is 0 Å². The Morgan fingerprint density at radius 1 is 1.23 bits per heavy atom. The van der Waals surface area contributed by atoms with Gasteiger partial charge in [0.1, 0.15) is 5.82 Å². The van der Waals surface area contributed by atoms with E-state index >= 15 is 0 Å². The molecule has 1 atom stereocenters. The van der Waals surface area contributed by atoms with Crippen LogP contribution in [-0.4, -0.2) is 56.0 Å². The maximum Gasteiger partial charge on any atom is 0.146 e. The van der Waals surface area contributed by atoms with Gasteiger partial charge >= 0.3 is 0 Å². The zero-order valence-electron chi connectivity index (χ0n) is 13.0. The molecule has 5 heteroatoms. The van der Waals surface area contributed by atoms with E-state index in [9.17, 15) is 9.50 Å². The number of likely N-dealkylation sites (tertiary alicyclic amines) is 1. The summed E-state index contributed by atoms with van der Waals surface area (Å²) in [6.07, 6.45) is 2.21. The molecule has 2 aliphatic heterocycles. The summed E-state index contributed by atoms with van der Waals surface area (Å²) in [4.78, 5) is 4.36. The Morgan fingerprint density at radius 2 is 2.05 bits per heavy atom. The lowest BCUT2D eigenvalue weighted by molar-refractivity contribution is 0.116. The smallest absolute Gasteiger partial charge is 0.146 e. The third kappa shape index (κ3) is 3.77. The maximum absolute atomic E-state index is 14.4. The van der Waals surface area contributed by atoms with Crippen LogP contribution in [0.3, 0.4) is 0 Å². The van der Waals surface area contributed by atoms with E-state index in [4.69, 9.17) is 4.74 Å². The zero-order chi connectivity index (χ0) is 15.4. The van der Waals surface area contributed by atoms with Gasteiger partial charge < -0.3 is 14.7 Å². The van der Waals surface area contributed by atoms with Crippen molar-refractivity contribution in [2.24, 2.45) is 5.92 Å². The monoisotopic (exact) mass is 308 g/mol. The second-order valence-corrected chi connectivity index (χ2v) is 6.31. The number of aliphatic hydroxyl groups is 1. The Hall–Kier alpha value is -1.17. The summed E-state index contributed by atoms with van der Waals surface area (Å²) >= 11 is 0. The van der Waals surface area contributed by atoms with E-state index < -0.39 is 0 Å². The predicted octanol–water partition coefficient (Wildman–Crippen LogP) is 1.87. The van der Waals surface area contributed by atoms with E-state index in [0.29, 0.717) is 24.8 Å². The van der Waals surface area contributed by atoms with E-state index in [1.807, 2.05) is 17.0 Å². The number of benzene rings is 1. The van der Waals surface area contributed by atoms with E-state index in [2.05, 4.69) is 4.90 Å². The first-order valence-corrected chi connectivity index (χ1v) is 8.20. The average molecular weight is 308 g/mol. The van der Waals surface area contributed by atoms with Crippen molar-refractivity contribution in [2.45, 2.75) is 19.4 Å². The molecule has 1 unspecified atom stereocenters. The highest BCUT2D eigenvalue weighted by Crippen LogP contribution is 2.23. The van der Waals surface area contributed by atoms with Gasteiger partial charge in [-0.05, 0) is 43.0 Å².